The molecule has 0 N–H and O–H groups in total. The molecule has 0 atom stereocenters. The fourth-order valence-electron chi connectivity index (χ4n) is 0. The average molecular weight is 302 g/mol. The number of hydrogen-bond donors (Lipinski definition) is 0. The summed E-state index contributed by atoms with van der Waals surface area (Å²) in [4.78, 5) is 0. The minimum absolute atomic E-state index is 0. The van der Waals surface area contributed by atoms with Gasteiger partial charge in [-0.1, -0.05) is 0 Å². The normalized spacial score (nSPS) is 0. The second-order valence-electron chi connectivity index (χ2n) is 0. The van der Waals surface area contributed by atoms with E-state index < -0.39 is 0 Å². The number of hydrogen-bond acceptors (Lipinski definition) is 0. The van der Waals surface area contributed by atoms with E-state index in [1.807, 2.05) is 0 Å². The molecule has 0 aromatic rings. The van der Waals surface area contributed by atoms with Crippen molar-refractivity contribution in [3.8, 4) is 0 Å². The maximum absolute atomic E-state index is 0. The van der Waals surface area contributed by atoms with Gasteiger partial charge in [-0.2, -0.15) is 0 Å². The maximum Gasteiger partial charge on any atom is 0.187 e. The molecule has 0 aliphatic rings. The molecular weight excluding hydrogens is 295 g/mol. The van der Waals surface area contributed by atoms with Crippen LogP contribution in [0.1, 0.15) is 0 Å². The summed E-state index contributed by atoms with van der Waals surface area (Å²) in [6.07, 6.45) is 0. The molecule has 0 amide bonds. The smallest absolute Gasteiger partial charge is 0.0149 e. The molecule has 0 unspecified atom stereocenters. The summed E-state index contributed by atoms with van der Waals surface area (Å²) in [5.41, 5.74) is 0. The topological polar surface area (TPSA) is 0 Å². The van der Waals surface area contributed by atoms with Crippen LogP contribution in [0, 0.1) is 0 Å². The van der Waals surface area contributed by atoms with Gasteiger partial charge < -0.3 is 0 Å². The Bertz CT molecular complexity index is 15.5. The van der Waals surface area contributed by atoms with Gasteiger partial charge in [-0.3, -0.25) is 0 Å². The van der Waals surface area contributed by atoms with Crippen molar-refractivity contribution in [2.75, 3.05) is 0 Å². The van der Waals surface area contributed by atoms with E-state index in [4.69, 9.17) is 0 Å². The Morgan fingerprint density at radius 3 is 1.00 bits per heavy atom. The summed E-state index contributed by atoms with van der Waals surface area (Å²) >= 11 is 0. The van der Waals surface area contributed by atoms with Crippen LogP contribution in [0.2, 0.25) is 0 Å². The van der Waals surface area contributed by atoms with E-state index in [0.717, 1.165) is 0 Å². The summed E-state index contributed by atoms with van der Waals surface area (Å²) in [5.74, 6) is 0. The van der Waals surface area contributed by atoms with Gasteiger partial charge in [0.2, 0.25) is 0 Å². The second-order valence-corrected chi connectivity index (χ2v) is 0. The minimum Gasteiger partial charge on any atom is -0.0149 e. The Morgan fingerprint density at radius 1 is 1.00 bits per heavy atom. The molecular formula is H7AlCuFeMnSiZn. The van der Waals surface area contributed by atoms with Crippen LogP contribution >= 0.6 is 0 Å². The Hall–Kier alpha value is 2.93. The predicted molar refractivity (Wildman–Crippen MR) is 21.3 cm³/mol. The molecule has 0 spiro atoms. The first-order valence-corrected chi connectivity index (χ1v) is 0. The Balaban J connectivity index is 0. The Kier molecular flexibility index (Phi) is 483. The molecule has 0 nitrogen and oxygen atoms in total. The summed E-state index contributed by atoms with van der Waals surface area (Å²) in [6.45, 7) is 0. The second kappa shape index (κ2) is 44.3. The van der Waals surface area contributed by atoms with E-state index in [1.54, 1.807) is 0 Å². The molecule has 0 aromatic heterocycles. The molecule has 42 valence electrons. The van der Waals surface area contributed by atoms with Crippen LogP contribution in [0.15, 0.2) is 0 Å². The van der Waals surface area contributed by atoms with Crippen LogP contribution in [0.4, 0.5) is 0 Å². The van der Waals surface area contributed by atoms with Gasteiger partial charge >= 0.3 is 0 Å². The standard InChI is InChI=1S/Al.Cu.Fe.Mn.H4Si.Zn.3H/h;;;;1H4;;;;. The van der Waals surface area contributed by atoms with Crippen LogP contribution < -0.4 is 0 Å². The monoisotopic (exact) mass is 300 g/mol. The third-order valence-electron chi connectivity index (χ3n) is 0. The van der Waals surface area contributed by atoms with Crippen LogP contribution in [0.5, 0.6) is 0 Å². The molecule has 6 heteroatoms. The van der Waals surface area contributed by atoms with Gasteiger partial charge in [-0.05, 0) is 11.0 Å². The van der Waals surface area contributed by atoms with Gasteiger partial charge in [-0.25, -0.2) is 0 Å². The Morgan fingerprint density at radius 2 is 1.00 bits per heavy atom. The third kappa shape index (κ3) is 28.4. The molecule has 0 saturated heterocycles. The first-order valence-electron chi connectivity index (χ1n) is 0. The molecule has 0 bridgehead atoms. The van der Waals surface area contributed by atoms with Crippen LogP contribution in [0.3, 0.4) is 0 Å². The van der Waals surface area contributed by atoms with Gasteiger partial charge in [0.1, 0.15) is 0 Å². The molecule has 2 radical (unpaired) electrons. The van der Waals surface area contributed by atoms with Crippen LogP contribution in [-0.4, -0.2) is 28.3 Å². The molecule has 0 aromatic carbocycles. The fraction of sp³-hybridized carbons (Fsp3) is 0. The first kappa shape index (κ1) is 65.4. The minimum atomic E-state index is 0. The van der Waals surface area contributed by atoms with Crippen molar-refractivity contribution in [3.05, 3.63) is 0 Å². The first-order chi connectivity index (χ1) is 0. The van der Waals surface area contributed by atoms with E-state index >= 15 is 0 Å². The predicted octanol–water partition coefficient (Wildman–Crippen LogP) is -2.65. The zero-order valence-corrected chi connectivity index (χ0v) is 7.93. The maximum atomic E-state index is 0. The van der Waals surface area contributed by atoms with Crippen LogP contribution in [0.25, 0.3) is 0 Å². The fourth-order valence-corrected chi connectivity index (χ4v) is 0. The van der Waals surface area contributed by atoms with Gasteiger partial charge in [-0.15, -0.1) is 0 Å². The van der Waals surface area contributed by atoms with E-state index in [0.29, 0.717) is 0 Å². The molecule has 0 aliphatic heterocycles. The van der Waals surface area contributed by atoms with Crippen molar-refractivity contribution in [3.63, 3.8) is 0 Å². The van der Waals surface area contributed by atoms with Crippen molar-refractivity contribution in [2.24, 2.45) is 0 Å². The van der Waals surface area contributed by atoms with Crippen LogP contribution in [-0.2, 0) is 70.7 Å². The Labute approximate surface area is 97.7 Å². The van der Waals surface area contributed by atoms with Crippen molar-refractivity contribution >= 4 is 28.3 Å². The van der Waals surface area contributed by atoms with Crippen molar-refractivity contribution < 1.29 is 70.7 Å². The molecule has 6 heavy (non-hydrogen) atoms. The SMILES string of the molecule is [AlH3].[Cu].[Fe].[Mn].[SiH4].[Zn]. The zero-order chi connectivity index (χ0) is 0. The van der Waals surface area contributed by atoms with E-state index in [1.165, 1.54) is 0 Å². The largest absolute Gasteiger partial charge is 0.187 e. The van der Waals surface area contributed by atoms with Crippen molar-refractivity contribution in [1.82, 2.24) is 0 Å². The van der Waals surface area contributed by atoms with Gasteiger partial charge in [0.25, 0.3) is 0 Å². The number of rotatable bonds is 0. The van der Waals surface area contributed by atoms with Crippen molar-refractivity contribution in [1.29, 1.82) is 0 Å². The molecule has 0 fully saturated rings. The average Bonchev–Trinajstić information content (AvgIpc) is 0. The molecule has 0 aliphatic carbocycles. The third-order valence-corrected chi connectivity index (χ3v) is 0. The summed E-state index contributed by atoms with van der Waals surface area (Å²) in [7, 11) is 0. The van der Waals surface area contributed by atoms with Gasteiger partial charge in [0, 0.05) is 70.7 Å². The van der Waals surface area contributed by atoms with E-state index in [-0.39, 0.29) is 99.0 Å². The quantitative estimate of drug-likeness (QED) is 0.429. The summed E-state index contributed by atoms with van der Waals surface area (Å²) in [5, 5.41) is 0. The summed E-state index contributed by atoms with van der Waals surface area (Å²) < 4.78 is 0. The zero-order valence-electron chi connectivity index (χ0n) is 1.74. The van der Waals surface area contributed by atoms with E-state index in [2.05, 4.69) is 0 Å². The van der Waals surface area contributed by atoms with Crippen molar-refractivity contribution in [2.45, 2.75) is 0 Å². The summed E-state index contributed by atoms with van der Waals surface area (Å²) in [6, 6.07) is 0. The molecule has 0 rings (SSSR count). The van der Waals surface area contributed by atoms with Gasteiger partial charge in [0.15, 0.2) is 17.4 Å². The van der Waals surface area contributed by atoms with E-state index in [9.17, 15) is 0 Å². The van der Waals surface area contributed by atoms with Gasteiger partial charge in [0.05, 0.1) is 0 Å². The molecule has 0 heterocycles. The molecule has 0 saturated carbocycles.